The lowest BCUT2D eigenvalue weighted by Gasteiger charge is -2.09. The number of fused-ring (bicyclic) bond motifs is 2. The molecule has 7 nitrogen and oxygen atoms in total. The Kier molecular flexibility index (Phi) is 3.68. The van der Waals surface area contributed by atoms with Crippen LogP contribution in [0.4, 0.5) is 0 Å². The number of para-hydroxylation sites is 2. The second kappa shape index (κ2) is 6.01. The Morgan fingerprint density at radius 1 is 1.08 bits per heavy atom. The number of carbonyl (C=O) groups excluding carboxylic acids is 1. The number of aromatic nitrogens is 5. The maximum Gasteiger partial charge on any atom is 0.252 e. The fourth-order valence-electron chi connectivity index (χ4n) is 3.00. The summed E-state index contributed by atoms with van der Waals surface area (Å²) in [7, 11) is 0. The Morgan fingerprint density at radius 2 is 1.92 bits per heavy atom. The standard InChI is InChI=1S/C18H18N6O/c1-12-20-15-5-3-4-6-16(15)23(12)10-9-19-18(25)14-7-8-17-22-21-13(2)24(17)11-14/h3-8,11H,9-10H2,1-2H3,(H,19,25). The first kappa shape index (κ1) is 15.3. The number of aryl methyl sites for hydroxylation is 2. The number of hydrogen-bond acceptors (Lipinski definition) is 4. The molecule has 0 aliphatic rings. The van der Waals surface area contributed by atoms with Crippen LogP contribution >= 0.6 is 0 Å². The third kappa shape index (κ3) is 2.73. The molecule has 0 aliphatic carbocycles. The van der Waals surface area contributed by atoms with Crippen molar-refractivity contribution in [3.8, 4) is 0 Å². The number of rotatable bonds is 4. The number of imidazole rings is 1. The van der Waals surface area contributed by atoms with Crippen molar-refractivity contribution in [3.63, 3.8) is 0 Å². The van der Waals surface area contributed by atoms with Gasteiger partial charge in [0.2, 0.25) is 0 Å². The molecule has 0 bridgehead atoms. The van der Waals surface area contributed by atoms with Gasteiger partial charge in [0, 0.05) is 19.3 Å². The minimum atomic E-state index is -0.114. The molecule has 0 aliphatic heterocycles. The number of carbonyl (C=O) groups is 1. The van der Waals surface area contributed by atoms with Crippen LogP contribution in [-0.4, -0.2) is 36.6 Å². The number of amides is 1. The molecule has 0 fully saturated rings. The molecule has 0 spiro atoms. The first-order valence-electron chi connectivity index (χ1n) is 8.15. The van der Waals surface area contributed by atoms with Gasteiger partial charge in [-0.25, -0.2) is 4.98 Å². The van der Waals surface area contributed by atoms with Crippen molar-refractivity contribution in [1.82, 2.24) is 29.5 Å². The summed E-state index contributed by atoms with van der Waals surface area (Å²) in [5.74, 6) is 1.58. The molecule has 7 heteroatoms. The van der Waals surface area contributed by atoms with Crippen LogP contribution in [0.1, 0.15) is 22.0 Å². The minimum Gasteiger partial charge on any atom is -0.350 e. The molecule has 0 saturated carbocycles. The van der Waals surface area contributed by atoms with Crippen molar-refractivity contribution in [1.29, 1.82) is 0 Å². The summed E-state index contributed by atoms with van der Waals surface area (Å²) in [6.45, 7) is 5.03. The van der Waals surface area contributed by atoms with E-state index in [1.165, 1.54) is 0 Å². The lowest BCUT2D eigenvalue weighted by Crippen LogP contribution is -2.27. The molecule has 0 saturated heterocycles. The van der Waals surface area contributed by atoms with Crippen molar-refractivity contribution in [2.24, 2.45) is 0 Å². The van der Waals surface area contributed by atoms with Gasteiger partial charge in [0.05, 0.1) is 16.6 Å². The number of pyridine rings is 1. The summed E-state index contributed by atoms with van der Waals surface area (Å²) in [4.78, 5) is 16.9. The number of benzene rings is 1. The molecule has 25 heavy (non-hydrogen) atoms. The molecule has 126 valence electrons. The summed E-state index contributed by atoms with van der Waals surface area (Å²) in [5, 5.41) is 11.0. The van der Waals surface area contributed by atoms with E-state index < -0.39 is 0 Å². The highest BCUT2D eigenvalue weighted by Gasteiger charge is 2.10. The summed E-state index contributed by atoms with van der Waals surface area (Å²) in [6.07, 6.45) is 1.76. The van der Waals surface area contributed by atoms with Gasteiger partial charge in [-0.15, -0.1) is 10.2 Å². The number of nitrogens with zero attached hydrogens (tertiary/aromatic N) is 5. The highest BCUT2D eigenvalue weighted by Crippen LogP contribution is 2.15. The largest absolute Gasteiger partial charge is 0.350 e. The smallest absolute Gasteiger partial charge is 0.252 e. The van der Waals surface area contributed by atoms with Crippen molar-refractivity contribution in [2.45, 2.75) is 20.4 Å². The van der Waals surface area contributed by atoms with E-state index in [1.54, 1.807) is 18.3 Å². The summed E-state index contributed by atoms with van der Waals surface area (Å²) >= 11 is 0. The van der Waals surface area contributed by atoms with Gasteiger partial charge >= 0.3 is 0 Å². The lowest BCUT2D eigenvalue weighted by atomic mass is 10.2. The van der Waals surface area contributed by atoms with Gasteiger partial charge in [-0.2, -0.15) is 0 Å². The van der Waals surface area contributed by atoms with Crippen molar-refractivity contribution < 1.29 is 4.79 Å². The maximum atomic E-state index is 12.4. The minimum absolute atomic E-state index is 0.114. The predicted molar refractivity (Wildman–Crippen MR) is 94.5 cm³/mol. The normalized spacial score (nSPS) is 11.3. The van der Waals surface area contributed by atoms with Crippen LogP contribution in [0.3, 0.4) is 0 Å². The molecule has 1 amide bonds. The molecule has 4 aromatic rings. The zero-order valence-electron chi connectivity index (χ0n) is 14.1. The van der Waals surface area contributed by atoms with Gasteiger partial charge in [-0.3, -0.25) is 9.20 Å². The summed E-state index contributed by atoms with van der Waals surface area (Å²) in [5.41, 5.74) is 3.37. The van der Waals surface area contributed by atoms with E-state index >= 15 is 0 Å². The molecule has 0 atom stereocenters. The fraction of sp³-hybridized carbons (Fsp3) is 0.222. The lowest BCUT2D eigenvalue weighted by molar-refractivity contribution is 0.0952. The van der Waals surface area contributed by atoms with Crippen LogP contribution in [0.15, 0.2) is 42.6 Å². The Morgan fingerprint density at radius 3 is 2.80 bits per heavy atom. The second-order valence-electron chi connectivity index (χ2n) is 5.95. The second-order valence-corrected chi connectivity index (χ2v) is 5.95. The van der Waals surface area contributed by atoms with E-state index in [0.29, 0.717) is 18.7 Å². The summed E-state index contributed by atoms with van der Waals surface area (Å²) in [6, 6.07) is 11.6. The quantitative estimate of drug-likeness (QED) is 0.620. The van der Waals surface area contributed by atoms with Crippen molar-refractivity contribution in [2.75, 3.05) is 6.54 Å². The van der Waals surface area contributed by atoms with E-state index in [9.17, 15) is 4.79 Å². The molecular weight excluding hydrogens is 316 g/mol. The van der Waals surface area contributed by atoms with Crippen LogP contribution in [0.2, 0.25) is 0 Å². The average Bonchev–Trinajstić information content (AvgIpc) is 3.15. The molecular formula is C18H18N6O. The maximum absolute atomic E-state index is 12.4. The average molecular weight is 334 g/mol. The van der Waals surface area contributed by atoms with Crippen LogP contribution in [0.5, 0.6) is 0 Å². The molecule has 1 N–H and O–H groups in total. The third-order valence-corrected chi connectivity index (χ3v) is 4.30. The Balaban J connectivity index is 1.47. The molecule has 1 aromatic carbocycles. The van der Waals surface area contributed by atoms with E-state index in [-0.39, 0.29) is 5.91 Å². The van der Waals surface area contributed by atoms with Crippen molar-refractivity contribution >= 4 is 22.6 Å². The number of hydrogen-bond donors (Lipinski definition) is 1. The molecule has 0 radical (unpaired) electrons. The Bertz CT molecular complexity index is 1080. The SMILES string of the molecule is Cc1nc2ccccc2n1CCNC(=O)c1ccc2nnc(C)n2c1. The van der Waals surface area contributed by atoms with E-state index in [1.807, 2.05) is 42.5 Å². The summed E-state index contributed by atoms with van der Waals surface area (Å²) < 4.78 is 3.92. The van der Waals surface area contributed by atoms with Crippen molar-refractivity contribution in [3.05, 3.63) is 59.8 Å². The van der Waals surface area contributed by atoms with E-state index in [0.717, 1.165) is 28.3 Å². The molecule has 3 aromatic heterocycles. The van der Waals surface area contributed by atoms with Crippen LogP contribution in [0, 0.1) is 13.8 Å². The van der Waals surface area contributed by atoms with Gasteiger partial charge < -0.3 is 9.88 Å². The van der Waals surface area contributed by atoms with Gasteiger partial charge in [0.25, 0.3) is 5.91 Å². The Hall–Kier alpha value is -3.22. The van der Waals surface area contributed by atoms with Gasteiger partial charge in [-0.1, -0.05) is 12.1 Å². The van der Waals surface area contributed by atoms with Crippen LogP contribution < -0.4 is 5.32 Å². The molecule has 3 heterocycles. The first-order chi connectivity index (χ1) is 12.1. The van der Waals surface area contributed by atoms with E-state index in [4.69, 9.17) is 0 Å². The highest BCUT2D eigenvalue weighted by atomic mass is 16.1. The van der Waals surface area contributed by atoms with Gasteiger partial charge in [0.1, 0.15) is 11.6 Å². The molecule has 0 unspecified atom stereocenters. The molecule has 4 rings (SSSR count). The zero-order valence-corrected chi connectivity index (χ0v) is 14.1. The van der Waals surface area contributed by atoms with Crippen LogP contribution in [-0.2, 0) is 6.54 Å². The monoisotopic (exact) mass is 334 g/mol. The van der Waals surface area contributed by atoms with Crippen LogP contribution in [0.25, 0.3) is 16.7 Å². The van der Waals surface area contributed by atoms with E-state index in [2.05, 4.69) is 25.1 Å². The Labute approximate surface area is 144 Å². The third-order valence-electron chi connectivity index (χ3n) is 4.30. The van der Waals surface area contributed by atoms with Gasteiger partial charge in [0.15, 0.2) is 5.65 Å². The number of nitrogens with one attached hydrogen (secondary N) is 1. The highest BCUT2D eigenvalue weighted by molar-refractivity contribution is 5.94. The zero-order chi connectivity index (χ0) is 17.4. The fourth-order valence-corrected chi connectivity index (χ4v) is 3.00. The first-order valence-corrected chi connectivity index (χ1v) is 8.15. The topological polar surface area (TPSA) is 77.1 Å². The predicted octanol–water partition coefficient (Wildman–Crippen LogP) is 2.13. The van der Waals surface area contributed by atoms with Gasteiger partial charge in [-0.05, 0) is 38.1 Å².